The second-order valence-electron chi connectivity index (χ2n) is 4.85. The smallest absolute Gasteiger partial charge is 0.291 e. The van der Waals surface area contributed by atoms with Crippen molar-refractivity contribution in [3.05, 3.63) is 26.3 Å². The zero-order valence-electron chi connectivity index (χ0n) is 12.3. The van der Waals surface area contributed by atoms with Crippen LogP contribution in [0.4, 0.5) is 11.5 Å². The first-order valence-electron chi connectivity index (χ1n) is 6.62. The van der Waals surface area contributed by atoms with Gasteiger partial charge in [0.2, 0.25) is 0 Å². The van der Waals surface area contributed by atoms with Crippen molar-refractivity contribution >= 4 is 27.4 Å². The Balaban J connectivity index is 2.66. The van der Waals surface area contributed by atoms with Gasteiger partial charge in [0.1, 0.15) is 12.0 Å². The third kappa shape index (κ3) is 4.14. The lowest BCUT2D eigenvalue weighted by molar-refractivity contribution is -0.385. The van der Waals surface area contributed by atoms with Gasteiger partial charge >= 0.3 is 0 Å². The van der Waals surface area contributed by atoms with Gasteiger partial charge < -0.3 is 10.2 Å². The third-order valence-electron chi connectivity index (χ3n) is 3.53. The first-order valence-corrected chi connectivity index (χ1v) is 7.41. The first-order chi connectivity index (χ1) is 9.38. The van der Waals surface area contributed by atoms with Crippen molar-refractivity contribution in [3.63, 3.8) is 0 Å². The molecule has 112 valence electrons. The number of halogens is 1. The molecule has 20 heavy (non-hydrogen) atoms. The summed E-state index contributed by atoms with van der Waals surface area (Å²) < 4.78 is 0.651. The molecule has 0 radical (unpaired) electrons. The Morgan fingerprint density at radius 3 is 2.80 bits per heavy atom. The quantitative estimate of drug-likeness (QED) is 0.607. The number of nitrogens with one attached hydrogen (secondary N) is 1. The molecule has 1 heterocycles. The van der Waals surface area contributed by atoms with E-state index in [-0.39, 0.29) is 5.69 Å². The molecular formula is C13H21BrN4O2. The van der Waals surface area contributed by atoms with Crippen LogP contribution in [0.1, 0.15) is 25.8 Å². The third-order valence-corrected chi connectivity index (χ3v) is 4.50. The zero-order valence-corrected chi connectivity index (χ0v) is 13.9. The summed E-state index contributed by atoms with van der Waals surface area (Å²) in [6.45, 7) is 7.68. The fourth-order valence-electron chi connectivity index (χ4n) is 1.76. The highest BCUT2D eigenvalue weighted by atomic mass is 79.9. The molecule has 0 saturated heterocycles. The van der Waals surface area contributed by atoms with Crippen LogP contribution in [-0.4, -0.2) is 41.0 Å². The maximum atomic E-state index is 10.8. The van der Waals surface area contributed by atoms with Gasteiger partial charge in [-0.2, -0.15) is 0 Å². The summed E-state index contributed by atoms with van der Waals surface area (Å²) in [5, 5.41) is 14.0. The predicted molar refractivity (Wildman–Crippen MR) is 84.2 cm³/mol. The minimum Gasteiger partial charge on any atom is -0.368 e. The lowest BCUT2D eigenvalue weighted by atomic mass is 10.2. The molecule has 1 N–H and O–H groups in total. The van der Waals surface area contributed by atoms with E-state index in [1.54, 1.807) is 6.92 Å². The van der Waals surface area contributed by atoms with E-state index >= 15 is 0 Å². The van der Waals surface area contributed by atoms with E-state index in [1.165, 1.54) is 6.20 Å². The van der Waals surface area contributed by atoms with Gasteiger partial charge in [0.15, 0.2) is 0 Å². The number of aromatic nitrogens is 1. The van der Waals surface area contributed by atoms with E-state index in [0.717, 1.165) is 19.5 Å². The molecule has 0 aromatic carbocycles. The Morgan fingerprint density at radius 1 is 1.60 bits per heavy atom. The number of hydrogen-bond acceptors (Lipinski definition) is 5. The molecular weight excluding hydrogens is 324 g/mol. The van der Waals surface area contributed by atoms with Gasteiger partial charge in [-0.1, -0.05) is 6.92 Å². The minimum absolute atomic E-state index is 0.0270. The monoisotopic (exact) mass is 344 g/mol. The number of hydrogen-bond donors (Lipinski definition) is 1. The van der Waals surface area contributed by atoms with Crippen LogP contribution < -0.4 is 5.32 Å². The Morgan fingerprint density at radius 2 is 2.25 bits per heavy atom. The first kappa shape index (κ1) is 16.8. The van der Waals surface area contributed by atoms with E-state index in [1.807, 2.05) is 0 Å². The highest BCUT2D eigenvalue weighted by Crippen LogP contribution is 2.30. The van der Waals surface area contributed by atoms with Crippen LogP contribution in [0.5, 0.6) is 0 Å². The van der Waals surface area contributed by atoms with E-state index in [4.69, 9.17) is 0 Å². The van der Waals surface area contributed by atoms with E-state index in [0.29, 0.717) is 21.9 Å². The van der Waals surface area contributed by atoms with Crippen LogP contribution in [0, 0.1) is 17.0 Å². The maximum absolute atomic E-state index is 10.8. The molecule has 0 amide bonds. The summed E-state index contributed by atoms with van der Waals surface area (Å²) in [6.07, 6.45) is 2.40. The van der Waals surface area contributed by atoms with Crippen molar-refractivity contribution in [2.45, 2.75) is 33.2 Å². The standard InChI is InChI=1S/C13H21BrN4O2/c1-5-9(2)17(4)7-6-15-13-12(14)10(3)11(8-16-13)18(19)20/h8-9H,5-7H2,1-4H3,(H,15,16). The van der Waals surface area contributed by atoms with Gasteiger partial charge in [0.25, 0.3) is 5.69 Å². The molecule has 1 rings (SSSR count). The van der Waals surface area contributed by atoms with Gasteiger partial charge in [0, 0.05) is 24.7 Å². The zero-order chi connectivity index (χ0) is 15.3. The SMILES string of the molecule is CCC(C)N(C)CCNc1ncc([N+](=O)[O-])c(C)c1Br. The van der Waals surface area contributed by atoms with Gasteiger partial charge in [-0.05, 0) is 43.2 Å². The molecule has 0 bridgehead atoms. The summed E-state index contributed by atoms with van der Waals surface area (Å²) >= 11 is 3.37. The lowest BCUT2D eigenvalue weighted by Gasteiger charge is -2.23. The molecule has 0 saturated carbocycles. The van der Waals surface area contributed by atoms with Gasteiger partial charge in [0.05, 0.1) is 9.40 Å². The molecule has 0 spiro atoms. The van der Waals surface area contributed by atoms with Crippen molar-refractivity contribution in [2.75, 3.05) is 25.5 Å². The molecule has 1 aromatic heterocycles. The minimum atomic E-state index is -0.423. The van der Waals surface area contributed by atoms with Crippen LogP contribution in [0.3, 0.4) is 0 Å². The number of pyridine rings is 1. The van der Waals surface area contributed by atoms with Gasteiger partial charge in [-0.25, -0.2) is 4.98 Å². The Bertz CT molecular complexity index is 482. The second kappa shape index (κ2) is 7.54. The Hall–Kier alpha value is -1.21. The van der Waals surface area contributed by atoms with Crippen molar-refractivity contribution in [1.82, 2.24) is 9.88 Å². The van der Waals surface area contributed by atoms with Crippen molar-refractivity contribution in [1.29, 1.82) is 0 Å². The van der Waals surface area contributed by atoms with E-state index in [2.05, 4.69) is 52.0 Å². The van der Waals surface area contributed by atoms with Gasteiger partial charge in [-0.15, -0.1) is 0 Å². The fourth-order valence-corrected chi connectivity index (χ4v) is 2.20. The summed E-state index contributed by atoms with van der Waals surface area (Å²) in [5.74, 6) is 0.644. The fraction of sp³-hybridized carbons (Fsp3) is 0.615. The molecule has 6 nitrogen and oxygen atoms in total. The molecule has 1 unspecified atom stereocenters. The Labute approximate surface area is 127 Å². The number of likely N-dealkylation sites (N-methyl/N-ethyl adjacent to an activating group) is 1. The molecule has 1 atom stereocenters. The molecule has 7 heteroatoms. The van der Waals surface area contributed by atoms with Crippen molar-refractivity contribution in [2.24, 2.45) is 0 Å². The highest BCUT2D eigenvalue weighted by Gasteiger charge is 2.17. The Kier molecular flexibility index (Phi) is 6.35. The van der Waals surface area contributed by atoms with Crippen LogP contribution >= 0.6 is 15.9 Å². The summed E-state index contributed by atoms with van der Waals surface area (Å²) in [6, 6.07) is 0.534. The maximum Gasteiger partial charge on any atom is 0.291 e. The predicted octanol–water partition coefficient (Wildman–Crippen LogP) is 3.20. The second-order valence-corrected chi connectivity index (χ2v) is 5.65. The molecule has 0 aliphatic heterocycles. The highest BCUT2D eigenvalue weighted by molar-refractivity contribution is 9.10. The van der Waals surface area contributed by atoms with Crippen LogP contribution in [0.25, 0.3) is 0 Å². The molecule has 0 fully saturated rings. The summed E-state index contributed by atoms with van der Waals surface area (Å²) in [4.78, 5) is 16.8. The number of anilines is 1. The van der Waals surface area contributed by atoms with Crippen molar-refractivity contribution in [3.8, 4) is 0 Å². The summed E-state index contributed by atoms with van der Waals surface area (Å²) in [5.41, 5.74) is 0.613. The van der Waals surface area contributed by atoms with Crippen LogP contribution in [0.2, 0.25) is 0 Å². The number of rotatable bonds is 7. The molecule has 0 aliphatic rings. The largest absolute Gasteiger partial charge is 0.368 e. The van der Waals surface area contributed by atoms with Gasteiger partial charge in [-0.3, -0.25) is 10.1 Å². The van der Waals surface area contributed by atoms with Crippen molar-refractivity contribution < 1.29 is 4.92 Å². The van der Waals surface area contributed by atoms with Crippen LogP contribution in [0.15, 0.2) is 10.7 Å². The average molecular weight is 345 g/mol. The molecule has 0 aliphatic carbocycles. The summed E-state index contributed by atoms with van der Waals surface area (Å²) in [7, 11) is 2.08. The topological polar surface area (TPSA) is 71.3 Å². The number of nitrogens with zero attached hydrogens (tertiary/aromatic N) is 3. The van der Waals surface area contributed by atoms with E-state index < -0.39 is 4.92 Å². The van der Waals surface area contributed by atoms with E-state index in [9.17, 15) is 10.1 Å². The normalized spacial score (nSPS) is 12.5. The number of nitro groups is 1. The average Bonchev–Trinajstić information content (AvgIpc) is 2.42. The molecule has 1 aromatic rings. The van der Waals surface area contributed by atoms with Crippen LogP contribution in [-0.2, 0) is 0 Å². The lowest BCUT2D eigenvalue weighted by Crippen LogP contribution is -2.32.